The molecule has 0 bridgehead atoms. The highest BCUT2D eigenvalue weighted by Gasteiger charge is 2.44. The Labute approximate surface area is 139 Å². The van der Waals surface area contributed by atoms with Gasteiger partial charge in [0.15, 0.2) is 6.10 Å². The monoisotopic (exact) mass is 345 g/mol. The summed E-state index contributed by atoms with van der Waals surface area (Å²) in [7, 11) is 3.71. The normalized spacial score (nSPS) is 17.5. The van der Waals surface area contributed by atoms with Crippen molar-refractivity contribution in [1.82, 2.24) is 4.90 Å². The lowest BCUT2D eigenvalue weighted by Crippen LogP contribution is -2.46. The number of carbonyl (C=O) groups excluding carboxylic acids is 1. The summed E-state index contributed by atoms with van der Waals surface area (Å²) in [4.78, 5) is 15.7. The van der Waals surface area contributed by atoms with E-state index in [9.17, 15) is 23.1 Å². The number of amides is 2. The number of hydrogen-bond donors (Lipinski definition) is 2. The Morgan fingerprint density at radius 3 is 2.42 bits per heavy atom. The van der Waals surface area contributed by atoms with Crippen LogP contribution >= 0.6 is 0 Å². The molecule has 0 unspecified atom stereocenters. The molecule has 0 spiro atoms. The van der Waals surface area contributed by atoms with Crippen molar-refractivity contribution in [3.63, 3.8) is 0 Å². The van der Waals surface area contributed by atoms with Gasteiger partial charge in [0.25, 0.3) is 0 Å². The van der Waals surface area contributed by atoms with Gasteiger partial charge in [-0.1, -0.05) is 12.1 Å². The predicted molar refractivity (Wildman–Crippen MR) is 86.1 cm³/mol. The third kappa shape index (κ3) is 4.31. The second-order valence-corrected chi connectivity index (χ2v) is 6.15. The maximum absolute atomic E-state index is 12.5. The number of aliphatic hydroxyl groups is 1. The quantitative estimate of drug-likeness (QED) is 0.886. The van der Waals surface area contributed by atoms with Gasteiger partial charge in [0.2, 0.25) is 0 Å². The summed E-state index contributed by atoms with van der Waals surface area (Å²) in [5.41, 5.74) is 1.48. The van der Waals surface area contributed by atoms with E-state index in [-0.39, 0.29) is 32.0 Å². The number of hydrogen-bond acceptors (Lipinski definition) is 3. The van der Waals surface area contributed by atoms with E-state index >= 15 is 0 Å². The van der Waals surface area contributed by atoms with Crippen LogP contribution in [0, 0.1) is 5.92 Å². The Bertz CT molecular complexity index is 570. The third-order valence-electron chi connectivity index (χ3n) is 4.24. The predicted octanol–water partition coefficient (Wildman–Crippen LogP) is 2.92. The molecule has 1 aliphatic rings. The van der Waals surface area contributed by atoms with Crippen LogP contribution in [0.2, 0.25) is 0 Å². The van der Waals surface area contributed by atoms with Crippen molar-refractivity contribution < 1.29 is 23.1 Å². The summed E-state index contributed by atoms with van der Waals surface area (Å²) in [6.07, 6.45) is -6.68. The molecule has 8 heteroatoms. The summed E-state index contributed by atoms with van der Waals surface area (Å²) < 4.78 is 37.6. The van der Waals surface area contributed by atoms with Gasteiger partial charge in [0.05, 0.1) is 11.4 Å². The van der Waals surface area contributed by atoms with Gasteiger partial charge in [-0.3, -0.25) is 0 Å². The average Bonchev–Trinajstić information content (AvgIpc) is 2.53. The van der Waals surface area contributed by atoms with Crippen molar-refractivity contribution in [2.75, 3.05) is 37.4 Å². The number of para-hydroxylation sites is 2. The van der Waals surface area contributed by atoms with E-state index in [1.54, 1.807) is 12.1 Å². The summed E-state index contributed by atoms with van der Waals surface area (Å²) >= 11 is 0. The molecule has 0 saturated carbocycles. The Kier molecular flexibility index (Phi) is 5.58. The summed E-state index contributed by atoms with van der Waals surface area (Å²) in [6.45, 7) is 0.377. The number of piperidine rings is 1. The molecule has 134 valence electrons. The highest BCUT2D eigenvalue weighted by Crippen LogP contribution is 2.32. The van der Waals surface area contributed by atoms with Crippen molar-refractivity contribution in [1.29, 1.82) is 0 Å². The van der Waals surface area contributed by atoms with Crippen LogP contribution < -0.4 is 10.2 Å². The number of rotatable bonds is 3. The van der Waals surface area contributed by atoms with Crippen LogP contribution in [0.15, 0.2) is 24.3 Å². The molecule has 1 atom stereocenters. The van der Waals surface area contributed by atoms with Gasteiger partial charge < -0.3 is 20.2 Å². The first-order chi connectivity index (χ1) is 11.2. The number of likely N-dealkylation sites (tertiary alicyclic amines) is 1. The molecule has 1 fully saturated rings. The van der Waals surface area contributed by atoms with Crippen molar-refractivity contribution >= 4 is 17.4 Å². The highest BCUT2D eigenvalue weighted by molar-refractivity contribution is 5.93. The van der Waals surface area contributed by atoms with E-state index in [4.69, 9.17) is 0 Å². The molecule has 5 nitrogen and oxygen atoms in total. The first-order valence-corrected chi connectivity index (χ1v) is 7.77. The fourth-order valence-electron chi connectivity index (χ4n) is 2.85. The smallest absolute Gasteiger partial charge is 0.383 e. The minimum absolute atomic E-state index is 0.128. The molecule has 1 aromatic rings. The summed E-state index contributed by atoms with van der Waals surface area (Å²) in [6, 6.07) is 6.95. The number of halogens is 3. The number of benzene rings is 1. The number of carbonyl (C=O) groups is 1. The van der Waals surface area contributed by atoms with E-state index in [1.165, 1.54) is 4.90 Å². The maximum Gasteiger partial charge on any atom is 0.414 e. The fourth-order valence-corrected chi connectivity index (χ4v) is 2.85. The third-order valence-corrected chi connectivity index (χ3v) is 4.24. The minimum Gasteiger partial charge on any atom is -0.383 e. The van der Waals surface area contributed by atoms with Crippen LogP contribution in [0.5, 0.6) is 0 Å². The molecule has 1 aromatic carbocycles. The molecule has 2 rings (SSSR count). The van der Waals surface area contributed by atoms with Crippen molar-refractivity contribution in [2.24, 2.45) is 5.92 Å². The SMILES string of the molecule is CN(C)c1ccccc1NC(=O)N1CCC([C@H](O)C(F)(F)F)CC1. The highest BCUT2D eigenvalue weighted by atomic mass is 19.4. The number of alkyl halides is 3. The standard InChI is InChI=1S/C16H22F3N3O2/c1-21(2)13-6-4-3-5-12(13)20-15(24)22-9-7-11(8-10-22)14(23)16(17,18)19/h3-6,11,14,23H,7-10H2,1-2H3,(H,20,24)/t14-/m0/s1. The molecule has 1 heterocycles. The lowest BCUT2D eigenvalue weighted by Gasteiger charge is -2.34. The van der Waals surface area contributed by atoms with Crippen LogP contribution in [0.1, 0.15) is 12.8 Å². The number of nitrogens with zero attached hydrogens (tertiary/aromatic N) is 2. The first kappa shape index (κ1) is 18.4. The van der Waals surface area contributed by atoms with Crippen LogP contribution in [-0.2, 0) is 0 Å². The molecule has 0 aromatic heterocycles. The van der Waals surface area contributed by atoms with Crippen LogP contribution in [0.25, 0.3) is 0 Å². The molecule has 1 saturated heterocycles. The van der Waals surface area contributed by atoms with Gasteiger partial charge >= 0.3 is 12.2 Å². The Balaban J connectivity index is 1.94. The topological polar surface area (TPSA) is 55.8 Å². The van der Waals surface area contributed by atoms with Crippen molar-refractivity contribution in [3.05, 3.63) is 24.3 Å². The van der Waals surface area contributed by atoms with Gasteiger partial charge in [-0.25, -0.2) is 4.79 Å². The van der Waals surface area contributed by atoms with Gasteiger partial charge in [-0.2, -0.15) is 13.2 Å². The molecule has 0 radical (unpaired) electrons. The summed E-state index contributed by atoms with van der Waals surface area (Å²) in [5, 5.41) is 12.1. The fraction of sp³-hybridized carbons (Fsp3) is 0.562. The molecule has 2 N–H and O–H groups in total. The van der Waals surface area contributed by atoms with Gasteiger partial charge in [0.1, 0.15) is 0 Å². The zero-order chi connectivity index (χ0) is 17.9. The molecular formula is C16H22F3N3O2. The zero-order valence-corrected chi connectivity index (χ0v) is 13.7. The van der Waals surface area contributed by atoms with E-state index < -0.39 is 18.2 Å². The summed E-state index contributed by atoms with van der Waals surface area (Å²) in [5.74, 6) is -0.858. The van der Waals surface area contributed by atoms with E-state index in [0.717, 1.165) is 5.69 Å². The van der Waals surface area contributed by atoms with Crippen LogP contribution in [0.3, 0.4) is 0 Å². The maximum atomic E-state index is 12.5. The van der Waals surface area contributed by atoms with E-state index in [1.807, 2.05) is 31.1 Å². The number of urea groups is 1. The zero-order valence-electron chi connectivity index (χ0n) is 13.7. The van der Waals surface area contributed by atoms with E-state index in [0.29, 0.717) is 5.69 Å². The molecule has 0 aliphatic carbocycles. The number of aliphatic hydroxyl groups excluding tert-OH is 1. The average molecular weight is 345 g/mol. The number of anilines is 2. The lowest BCUT2D eigenvalue weighted by molar-refractivity contribution is -0.222. The molecule has 2 amide bonds. The van der Waals surface area contributed by atoms with Crippen LogP contribution in [0.4, 0.5) is 29.3 Å². The van der Waals surface area contributed by atoms with Gasteiger partial charge in [-0.05, 0) is 30.9 Å². The van der Waals surface area contributed by atoms with Gasteiger partial charge in [0, 0.05) is 27.2 Å². The lowest BCUT2D eigenvalue weighted by atomic mass is 9.91. The first-order valence-electron chi connectivity index (χ1n) is 7.77. The minimum atomic E-state index is -4.61. The molecule has 1 aliphatic heterocycles. The second kappa shape index (κ2) is 7.29. The van der Waals surface area contributed by atoms with Crippen molar-refractivity contribution in [2.45, 2.75) is 25.1 Å². The van der Waals surface area contributed by atoms with Crippen LogP contribution in [-0.4, -0.2) is 55.5 Å². The molecular weight excluding hydrogens is 323 g/mol. The molecule has 24 heavy (non-hydrogen) atoms. The second-order valence-electron chi connectivity index (χ2n) is 6.15. The Morgan fingerprint density at radius 1 is 1.29 bits per heavy atom. The number of nitrogens with one attached hydrogen (secondary N) is 1. The Morgan fingerprint density at radius 2 is 1.88 bits per heavy atom. The van der Waals surface area contributed by atoms with Crippen molar-refractivity contribution in [3.8, 4) is 0 Å². The van der Waals surface area contributed by atoms with Gasteiger partial charge in [-0.15, -0.1) is 0 Å². The van der Waals surface area contributed by atoms with E-state index in [2.05, 4.69) is 5.32 Å². The largest absolute Gasteiger partial charge is 0.414 e. The Hall–Kier alpha value is -1.96.